The van der Waals surface area contributed by atoms with Crippen LogP contribution in [0, 0.1) is 11.7 Å². The molecule has 12 heteroatoms. The van der Waals surface area contributed by atoms with Crippen molar-refractivity contribution in [2.75, 3.05) is 5.32 Å². The summed E-state index contributed by atoms with van der Waals surface area (Å²) in [5.74, 6) is -0.537. The summed E-state index contributed by atoms with van der Waals surface area (Å²) in [4.78, 5) is 17.4. The number of carboxylic acid groups (broad SMARTS) is 2. The second-order valence-corrected chi connectivity index (χ2v) is 8.73. The van der Waals surface area contributed by atoms with Gasteiger partial charge in [0.15, 0.2) is 16.7 Å². The minimum atomic E-state index is -4.74. The fourth-order valence-corrected chi connectivity index (χ4v) is 4.34. The van der Waals surface area contributed by atoms with E-state index in [0.29, 0.717) is 18.8 Å². The number of halogens is 4. The van der Waals surface area contributed by atoms with Crippen LogP contribution in [0.4, 0.5) is 33.3 Å². The lowest BCUT2D eigenvalue weighted by atomic mass is 9.84. The number of anilines is 2. The van der Waals surface area contributed by atoms with E-state index in [0.717, 1.165) is 42.0 Å². The van der Waals surface area contributed by atoms with E-state index in [9.17, 15) is 17.6 Å². The topological polar surface area (TPSA) is 105 Å². The van der Waals surface area contributed by atoms with Crippen molar-refractivity contribution in [1.82, 2.24) is 9.97 Å². The molecule has 2 aromatic heterocycles. The van der Waals surface area contributed by atoms with Crippen molar-refractivity contribution in [3.8, 4) is 5.75 Å². The summed E-state index contributed by atoms with van der Waals surface area (Å²) < 4.78 is 58.5. The summed E-state index contributed by atoms with van der Waals surface area (Å²) in [6.07, 6.45) is -1.32. The highest BCUT2D eigenvalue weighted by molar-refractivity contribution is 7.13. The highest BCUT2D eigenvalue weighted by Crippen LogP contribution is 2.36. The van der Waals surface area contributed by atoms with Crippen molar-refractivity contribution in [2.45, 2.75) is 44.4 Å². The van der Waals surface area contributed by atoms with Crippen LogP contribution < -0.4 is 10.1 Å². The van der Waals surface area contributed by atoms with Crippen molar-refractivity contribution in [2.24, 2.45) is 5.92 Å². The minimum absolute atomic E-state index is 0.292. The lowest BCUT2D eigenvalue weighted by Crippen LogP contribution is -2.26. The molecule has 0 bridgehead atoms. The van der Waals surface area contributed by atoms with E-state index in [2.05, 4.69) is 15.3 Å². The number of pyridine rings is 1. The fraction of sp³-hybridized carbons (Fsp3) is 0.348. The Morgan fingerprint density at radius 3 is 2.43 bits per heavy atom. The molecule has 0 saturated heterocycles. The first-order valence-corrected chi connectivity index (χ1v) is 11.6. The van der Waals surface area contributed by atoms with Gasteiger partial charge in [-0.3, -0.25) is 0 Å². The third kappa shape index (κ3) is 8.09. The molecule has 1 fully saturated rings. The second-order valence-electron chi connectivity index (χ2n) is 7.84. The van der Waals surface area contributed by atoms with Gasteiger partial charge in [0.25, 0.3) is 0 Å². The Labute approximate surface area is 202 Å². The largest absolute Gasteiger partial charge is 0.503 e. The SMILES string of the molecule is Fc1c(OC2CCC(Cc3cccc(Nc4nccs4)n3)CC2)cccc1C(F)(F)F.O=C(O)O. The van der Waals surface area contributed by atoms with E-state index in [1.54, 1.807) is 6.20 Å². The van der Waals surface area contributed by atoms with E-state index in [1.807, 2.05) is 23.6 Å². The maximum Gasteiger partial charge on any atom is 0.503 e. The predicted octanol–water partition coefficient (Wildman–Crippen LogP) is 6.84. The van der Waals surface area contributed by atoms with Crippen LogP contribution >= 0.6 is 11.3 Å². The molecule has 4 rings (SSSR count). The summed E-state index contributed by atoms with van der Waals surface area (Å²) in [5, 5.41) is 19.8. The van der Waals surface area contributed by atoms with Gasteiger partial charge in [0.05, 0.1) is 11.7 Å². The third-order valence-electron chi connectivity index (χ3n) is 5.33. The summed E-state index contributed by atoms with van der Waals surface area (Å²) in [5.41, 5.74) is -0.328. The molecule has 0 radical (unpaired) electrons. The maximum absolute atomic E-state index is 14.2. The molecule has 0 aliphatic heterocycles. The molecule has 0 amide bonds. The number of thiazole rings is 1. The third-order valence-corrected chi connectivity index (χ3v) is 6.02. The molecule has 3 N–H and O–H groups in total. The Balaban J connectivity index is 0.000000795. The van der Waals surface area contributed by atoms with Crippen LogP contribution in [0.3, 0.4) is 0 Å². The molecule has 188 valence electrons. The molecule has 7 nitrogen and oxygen atoms in total. The zero-order chi connectivity index (χ0) is 25.4. The zero-order valence-electron chi connectivity index (χ0n) is 18.3. The molecule has 2 heterocycles. The van der Waals surface area contributed by atoms with Gasteiger partial charge in [-0.2, -0.15) is 13.2 Å². The minimum Gasteiger partial charge on any atom is -0.487 e. The van der Waals surface area contributed by atoms with Gasteiger partial charge < -0.3 is 20.3 Å². The number of hydrogen-bond acceptors (Lipinski definition) is 6. The molecule has 1 aliphatic carbocycles. The van der Waals surface area contributed by atoms with Gasteiger partial charge in [0.1, 0.15) is 5.82 Å². The number of rotatable bonds is 6. The van der Waals surface area contributed by atoms with Crippen LogP contribution in [0.5, 0.6) is 5.75 Å². The number of aromatic nitrogens is 2. The summed E-state index contributed by atoms with van der Waals surface area (Å²) in [6.45, 7) is 0. The van der Waals surface area contributed by atoms with Crippen LogP contribution in [0.2, 0.25) is 0 Å². The van der Waals surface area contributed by atoms with Gasteiger partial charge in [0, 0.05) is 17.3 Å². The number of ether oxygens (including phenoxy) is 1. The smallest absolute Gasteiger partial charge is 0.487 e. The van der Waals surface area contributed by atoms with Gasteiger partial charge in [-0.05, 0) is 62.3 Å². The van der Waals surface area contributed by atoms with E-state index in [4.69, 9.17) is 19.7 Å². The van der Waals surface area contributed by atoms with Crippen molar-refractivity contribution in [3.05, 3.63) is 65.0 Å². The molecule has 0 atom stereocenters. The molecule has 0 unspecified atom stereocenters. The Kier molecular flexibility index (Phi) is 8.85. The number of nitrogens with zero attached hydrogens (tertiary/aromatic N) is 2. The first-order valence-electron chi connectivity index (χ1n) is 10.7. The molecule has 35 heavy (non-hydrogen) atoms. The lowest BCUT2D eigenvalue weighted by molar-refractivity contribution is -0.140. The molecular formula is C23H23F4N3O4S. The Morgan fingerprint density at radius 2 is 1.80 bits per heavy atom. The van der Waals surface area contributed by atoms with Crippen LogP contribution in [0.15, 0.2) is 48.0 Å². The molecular weight excluding hydrogens is 490 g/mol. The van der Waals surface area contributed by atoms with Gasteiger partial charge >= 0.3 is 12.3 Å². The quantitative estimate of drug-likeness (QED) is 0.310. The molecule has 0 spiro atoms. The van der Waals surface area contributed by atoms with Gasteiger partial charge in [-0.25, -0.2) is 19.2 Å². The molecule has 1 aliphatic rings. The summed E-state index contributed by atoms with van der Waals surface area (Å²) in [7, 11) is 0. The first-order chi connectivity index (χ1) is 16.6. The highest BCUT2D eigenvalue weighted by atomic mass is 32.1. The standard InChI is InChI=1S/C22H21F4N3OS.CH2O3/c23-20-17(22(24,25)26)4-2-5-18(20)30-16-9-7-14(8-10-16)13-15-3-1-6-19(28-15)29-21-27-11-12-31-21;2-1(3)4/h1-6,11-12,14,16H,7-10,13H2,(H,27,28,29);(H2,2,3,4). The molecule has 1 aromatic carbocycles. The average Bonchev–Trinajstić information content (AvgIpc) is 3.29. The van der Waals surface area contributed by atoms with E-state index < -0.39 is 23.7 Å². The van der Waals surface area contributed by atoms with Crippen LogP contribution in [0.1, 0.15) is 36.9 Å². The number of alkyl halides is 3. The van der Waals surface area contributed by atoms with Crippen molar-refractivity contribution in [1.29, 1.82) is 0 Å². The second kappa shape index (κ2) is 11.8. The van der Waals surface area contributed by atoms with Crippen LogP contribution in [-0.4, -0.2) is 32.4 Å². The predicted molar refractivity (Wildman–Crippen MR) is 122 cm³/mol. The van der Waals surface area contributed by atoms with Gasteiger partial charge in [-0.15, -0.1) is 11.3 Å². The van der Waals surface area contributed by atoms with Gasteiger partial charge in [-0.1, -0.05) is 12.1 Å². The van der Waals surface area contributed by atoms with E-state index in [1.165, 1.54) is 23.5 Å². The van der Waals surface area contributed by atoms with Gasteiger partial charge in [0.2, 0.25) is 0 Å². The Hall–Kier alpha value is -3.41. The molecule has 1 saturated carbocycles. The number of nitrogens with one attached hydrogen (secondary N) is 1. The van der Waals surface area contributed by atoms with E-state index >= 15 is 0 Å². The number of hydrogen-bond donors (Lipinski definition) is 3. The normalized spacial score (nSPS) is 17.7. The van der Waals surface area contributed by atoms with E-state index in [-0.39, 0.29) is 11.9 Å². The number of carbonyl (C=O) groups is 1. The van der Waals surface area contributed by atoms with Crippen molar-refractivity contribution < 1.29 is 37.3 Å². The summed E-state index contributed by atoms with van der Waals surface area (Å²) in [6, 6.07) is 8.96. The average molecular weight is 514 g/mol. The van der Waals surface area contributed by atoms with Crippen LogP contribution in [0.25, 0.3) is 0 Å². The Bertz CT molecular complexity index is 1100. The fourth-order valence-electron chi connectivity index (χ4n) is 3.81. The lowest BCUT2D eigenvalue weighted by Gasteiger charge is -2.29. The molecule has 3 aromatic rings. The maximum atomic E-state index is 14.2. The summed E-state index contributed by atoms with van der Waals surface area (Å²) >= 11 is 1.50. The zero-order valence-corrected chi connectivity index (χ0v) is 19.2. The van der Waals surface area contributed by atoms with Crippen molar-refractivity contribution in [3.63, 3.8) is 0 Å². The Morgan fingerprint density at radius 1 is 1.11 bits per heavy atom. The first kappa shape index (κ1) is 26.2. The monoisotopic (exact) mass is 513 g/mol. The van der Waals surface area contributed by atoms with Crippen molar-refractivity contribution >= 4 is 28.4 Å². The highest BCUT2D eigenvalue weighted by Gasteiger charge is 2.35. The van der Waals surface area contributed by atoms with Crippen LogP contribution in [-0.2, 0) is 12.6 Å². The number of benzene rings is 1.